The second kappa shape index (κ2) is 9.15. The Balaban J connectivity index is 3.87. The first kappa shape index (κ1) is 14.9. The van der Waals surface area contributed by atoms with Crippen LogP contribution >= 0.6 is 8.03 Å². The van der Waals surface area contributed by atoms with Gasteiger partial charge in [0.25, 0.3) is 0 Å². The molecule has 7 heteroatoms. The Morgan fingerprint density at radius 2 is 1.87 bits per heavy atom. The molecule has 0 aromatic carbocycles. The molecule has 0 bridgehead atoms. The largest absolute Gasteiger partial charge is 0.516 e. The van der Waals surface area contributed by atoms with Crippen LogP contribution in [0.4, 0.5) is 0 Å². The predicted octanol–water partition coefficient (Wildman–Crippen LogP) is 0.422. The third-order valence-electron chi connectivity index (χ3n) is 1.44. The van der Waals surface area contributed by atoms with E-state index in [4.69, 9.17) is 24.8 Å². The topological polar surface area (TPSA) is 91.0 Å². The average Bonchev–Trinajstić information content (AvgIpc) is 2.18. The zero-order chi connectivity index (χ0) is 11.7. The highest BCUT2D eigenvalue weighted by molar-refractivity contribution is 7.39. The minimum absolute atomic E-state index is 0.0114. The standard InChI is InChI=1S/C8H19NO5P/c1-3-12-8(13-4-2)14-15(11)6-7(10)5-9/h7-8,10H,3-6,9H2,1-2H3/q+1. The molecule has 0 aromatic rings. The van der Waals surface area contributed by atoms with Crippen molar-refractivity contribution >= 4 is 8.03 Å². The highest BCUT2D eigenvalue weighted by Gasteiger charge is 2.28. The number of aliphatic hydroxyl groups is 1. The minimum Gasteiger partial charge on any atom is -0.387 e. The number of aliphatic hydroxyl groups excluding tert-OH is 1. The van der Waals surface area contributed by atoms with Gasteiger partial charge in [-0.2, -0.15) is 0 Å². The molecule has 15 heavy (non-hydrogen) atoms. The average molecular weight is 240 g/mol. The van der Waals surface area contributed by atoms with Crippen LogP contribution in [0.1, 0.15) is 13.8 Å². The maximum Gasteiger partial charge on any atom is 0.516 e. The van der Waals surface area contributed by atoms with Crippen molar-refractivity contribution < 1.29 is 23.7 Å². The third kappa shape index (κ3) is 7.79. The van der Waals surface area contributed by atoms with Crippen LogP contribution in [0.25, 0.3) is 0 Å². The van der Waals surface area contributed by atoms with Crippen LogP contribution in [0.3, 0.4) is 0 Å². The van der Waals surface area contributed by atoms with Crippen LogP contribution < -0.4 is 5.73 Å². The molecular weight excluding hydrogens is 221 g/mol. The molecule has 2 atom stereocenters. The second-order valence-corrected chi connectivity index (χ2v) is 3.95. The van der Waals surface area contributed by atoms with Crippen LogP contribution in [0.2, 0.25) is 0 Å². The number of hydrogen-bond donors (Lipinski definition) is 2. The van der Waals surface area contributed by atoms with Gasteiger partial charge in [0.15, 0.2) is 0 Å². The lowest BCUT2D eigenvalue weighted by Gasteiger charge is -2.10. The summed E-state index contributed by atoms with van der Waals surface area (Å²) in [6, 6.07) is 0. The third-order valence-corrected chi connectivity index (χ3v) is 2.57. The normalized spacial score (nSPS) is 14.3. The molecular formula is C8H19NO5P+. The Morgan fingerprint density at radius 3 is 2.27 bits per heavy atom. The van der Waals surface area contributed by atoms with Gasteiger partial charge in [-0.1, -0.05) is 4.52 Å². The predicted molar refractivity (Wildman–Crippen MR) is 55.7 cm³/mol. The summed E-state index contributed by atoms with van der Waals surface area (Å²) in [6.45, 7) is 3.46. The maximum absolute atomic E-state index is 11.3. The SMILES string of the molecule is CCOC(OCC)O[P+](=O)CC(O)CN. The van der Waals surface area contributed by atoms with E-state index >= 15 is 0 Å². The molecule has 0 aliphatic carbocycles. The van der Waals surface area contributed by atoms with Gasteiger partial charge < -0.3 is 20.3 Å². The molecule has 0 spiro atoms. The van der Waals surface area contributed by atoms with Crippen molar-refractivity contribution in [3.63, 3.8) is 0 Å². The molecule has 6 nitrogen and oxygen atoms in total. The quantitative estimate of drug-likeness (QED) is 0.448. The number of nitrogens with two attached hydrogens (primary N) is 1. The molecule has 0 rings (SSSR count). The summed E-state index contributed by atoms with van der Waals surface area (Å²) in [5.41, 5.74) is 5.17. The van der Waals surface area contributed by atoms with E-state index < -0.39 is 20.6 Å². The van der Waals surface area contributed by atoms with Crippen LogP contribution in [0.5, 0.6) is 0 Å². The summed E-state index contributed by atoms with van der Waals surface area (Å²) >= 11 is 0. The van der Waals surface area contributed by atoms with E-state index in [1.807, 2.05) is 0 Å². The van der Waals surface area contributed by atoms with Crippen molar-refractivity contribution in [2.75, 3.05) is 25.9 Å². The van der Waals surface area contributed by atoms with E-state index in [1.54, 1.807) is 13.8 Å². The smallest absolute Gasteiger partial charge is 0.387 e. The van der Waals surface area contributed by atoms with Gasteiger partial charge in [-0.05, 0) is 18.4 Å². The van der Waals surface area contributed by atoms with Crippen molar-refractivity contribution in [3.05, 3.63) is 0 Å². The maximum atomic E-state index is 11.3. The van der Waals surface area contributed by atoms with Crippen molar-refractivity contribution in [1.82, 2.24) is 0 Å². The number of rotatable bonds is 9. The van der Waals surface area contributed by atoms with Crippen LogP contribution in [-0.4, -0.2) is 43.6 Å². The highest BCUT2D eigenvalue weighted by Crippen LogP contribution is 2.26. The van der Waals surface area contributed by atoms with Crippen LogP contribution in [-0.2, 0) is 18.6 Å². The summed E-state index contributed by atoms with van der Waals surface area (Å²) in [4.78, 5) is 0. The van der Waals surface area contributed by atoms with Crippen molar-refractivity contribution in [2.45, 2.75) is 26.4 Å². The van der Waals surface area contributed by atoms with Crippen molar-refractivity contribution in [1.29, 1.82) is 0 Å². The van der Waals surface area contributed by atoms with Crippen molar-refractivity contribution in [3.8, 4) is 0 Å². The molecule has 0 saturated carbocycles. The van der Waals surface area contributed by atoms with E-state index in [2.05, 4.69) is 0 Å². The fourth-order valence-corrected chi connectivity index (χ4v) is 1.66. The molecule has 0 radical (unpaired) electrons. The van der Waals surface area contributed by atoms with Gasteiger partial charge >= 0.3 is 14.5 Å². The number of ether oxygens (including phenoxy) is 2. The summed E-state index contributed by atoms with van der Waals surface area (Å²) in [5, 5.41) is 9.13. The Hall–Kier alpha value is -0.100. The molecule has 0 aromatic heterocycles. The molecule has 0 heterocycles. The van der Waals surface area contributed by atoms with E-state index in [0.29, 0.717) is 13.2 Å². The molecule has 0 aliphatic heterocycles. The zero-order valence-electron chi connectivity index (χ0n) is 9.09. The fourth-order valence-electron chi connectivity index (χ4n) is 0.767. The van der Waals surface area contributed by atoms with Crippen LogP contribution in [0, 0.1) is 0 Å². The molecule has 0 aliphatic rings. The lowest BCUT2D eigenvalue weighted by molar-refractivity contribution is -0.240. The number of hydrogen-bond acceptors (Lipinski definition) is 6. The zero-order valence-corrected chi connectivity index (χ0v) is 9.98. The monoisotopic (exact) mass is 240 g/mol. The lowest BCUT2D eigenvalue weighted by atomic mass is 10.4. The van der Waals surface area contributed by atoms with E-state index in [1.165, 1.54) is 0 Å². The second-order valence-electron chi connectivity index (χ2n) is 2.71. The molecule has 0 amide bonds. The highest BCUT2D eigenvalue weighted by atomic mass is 31.1. The summed E-state index contributed by atoms with van der Waals surface area (Å²) in [7, 11) is -2.02. The van der Waals surface area contributed by atoms with Gasteiger partial charge in [-0.15, -0.1) is 0 Å². The Morgan fingerprint density at radius 1 is 1.33 bits per heavy atom. The van der Waals surface area contributed by atoms with E-state index in [9.17, 15) is 4.57 Å². The Labute approximate surface area is 90.6 Å². The minimum atomic E-state index is -2.02. The van der Waals surface area contributed by atoms with Gasteiger partial charge in [0.1, 0.15) is 6.10 Å². The van der Waals surface area contributed by atoms with E-state index in [-0.39, 0.29) is 12.7 Å². The fraction of sp³-hybridized carbons (Fsp3) is 1.00. The summed E-state index contributed by atoms with van der Waals surface area (Å²) in [6.07, 6.45) is -0.833. The molecule has 2 unspecified atom stereocenters. The molecule has 0 saturated heterocycles. The van der Waals surface area contributed by atoms with Gasteiger partial charge in [-0.25, -0.2) is 0 Å². The van der Waals surface area contributed by atoms with E-state index in [0.717, 1.165) is 0 Å². The Kier molecular flexibility index (Phi) is 9.09. The molecule has 3 N–H and O–H groups in total. The van der Waals surface area contributed by atoms with Gasteiger partial charge in [-0.3, -0.25) is 0 Å². The van der Waals surface area contributed by atoms with Crippen molar-refractivity contribution in [2.24, 2.45) is 5.73 Å². The lowest BCUT2D eigenvalue weighted by Crippen LogP contribution is -2.24. The van der Waals surface area contributed by atoms with Gasteiger partial charge in [0, 0.05) is 19.8 Å². The summed E-state index contributed by atoms with van der Waals surface area (Å²) < 4.78 is 26.3. The first-order valence-corrected chi connectivity index (χ1v) is 6.23. The molecule has 0 fully saturated rings. The first-order chi connectivity index (χ1) is 7.13. The molecule has 90 valence electrons. The van der Waals surface area contributed by atoms with Gasteiger partial charge in [0.05, 0.1) is 0 Å². The summed E-state index contributed by atoms with van der Waals surface area (Å²) in [5.74, 6) is 0. The first-order valence-electron chi connectivity index (χ1n) is 4.86. The van der Waals surface area contributed by atoms with Gasteiger partial charge in [0.2, 0.25) is 6.16 Å². The Bertz CT molecular complexity index is 174. The van der Waals surface area contributed by atoms with Crippen LogP contribution in [0.15, 0.2) is 0 Å².